The summed E-state index contributed by atoms with van der Waals surface area (Å²) in [5.74, 6) is 0.774. The molecular formula is C12H19NO2. The number of nitrogens with one attached hydrogen (secondary N) is 1. The van der Waals surface area contributed by atoms with Crippen LogP contribution in [-0.4, -0.2) is 24.8 Å². The topological polar surface area (TPSA) is 41.5 Å². The summed E-state index contributed by atoms with van der Waals surface area (Å²) in [4.78, 5) is 0. The second-order valence-corrected chi connectivity index (χ2v) is 3.82. The van der Waals surface area contributed by atoms with E-state index >= 15 is 0 Å². The summed E-state index contributed by atoms with van der Waals surface area (Å²) in [6, 6.07) is 5.50. The summed E-state index contributed by atoms with van der Waals surface area (Å²) in [5, 5.41) is 12.7. The van der Waals surface area contributed by atoms with Crippen molar-refractivity contribution in [3.63, 3.8) is 0 Å². The molecule has 0 atom stereocenters. The van der Waals surface area contributed by atoms with Gasteiger partial charge >= 0.3 is 0 Å². The molecule has 0 bridgehead atoms. The molecule has 84 valence electrons. The smallest absolute Gasteiger partial charge is 0.161 e. The fourth-order valence-corrected chi connectivity index (χ4v) is 1.33. The van der Waals surface area contributed by atoms with Crippen molar-refractivity contribution in [1.29, 1.82) is 0 Å². The number of benzene rings is 1. The van der Waals surface area contributed by atoms with Crippen LogP contribution in [0.3, 0.4) is 0 Å². The van der Waals surface area contributed by atoms with Crippen LogP contribution >= 0.6 is 0 Å². The largest absolute Gasteiger partial charge is 0.504 e. The molecular weight excluding hydrogens is 190 g/mol. The third kappa shape index (κ3) is 3.80. The van der Waals surface area contributed by atoms with E-state index in [4.69, 9.17) is 4.74 Å². The molecule has 0 saturated carbocycles. The lowest BCUT2D eigenvalue weighted by molar-refractivity contribution is 0.231. The predicted molar refractivity (Wildman–Crippen MR) is 61.5 cm³/mol. The van der Waals surface area contributed by atoms with Crippen LogP contribution in [0, 0.1) is 0 Å². The van der Waals surface area contributed by atoms with Gasteiger partial charge in [0.15, 0.2) is 11.5 Å². The van der Waals surface area contributed by atoms with E-state index in [0.29, 0.717) is 5.75 Å². The van der Waals surface area contributed by atoms with Gasteiger partial charge in [0, 0.05) is 0 Å². The average molecular weight is 209 g/mol. The van der Waals surface area contributed by atoms with Gasteiger partial charge in [-0.3, -0.25) is 0 Å². The van der Waals surface area contributed by atoms with Crippen LogP contribution in [0.4, 0.5) is 0 Å². The van der Waals surface area contributed by atoms with E-state index in [2.05, 4.69) is 5.32 Å². The number of rotatable bonds is 5. The second kappa shape index (κ2) is 5.61. The first-order valence-corrected chi connectivity index (χ1v) is 5.26. The van der Waals surface area contributed by atoms with Gasteiger partial charge in [-0.25, -0.2) is 0 Å². The number of likely N-dealkylation sites (N-methyl/N-ethyl adjacent to an activating group) is 1. The molecule has 0 aliphatic carbocycles. The third-order valence-electron chi connectivity index (χ3n) is 2.05. The maximum Gasteiger partial charge on any atom is 0.161 e. The highest BCUT2D eigenvalue weighted by atomic mass is 16.5. The van der Waals surface area contributed by atoms with Crippen LogP contribution < -0.4 is 10.1 Å². The number of ether oxygens (including phenoxy) is 1. The summed E-state index contributed by atoms with van der Waals surface area (Å²) in [5.41, 5.74) is 1.16. The average Bonchev–Trinajstić information content (AvgIpc) is 2.18. The Labute approximate surface area is 91.1 Å². The van der Waals surface area contributed by atoms with Crippen molar-refractivity contribution in [3.8, 4) is 11.5 Å². The molecule has 3 heteroatoms. The van der Waals surface area contributed by atoms with E-state index in [1.54, 1.807) is 6.07 Å². The molecule has 1 aromatic rings. The van der Waals surface area contributed by atoms with E-state index < -0.39 is 0 Å². The molecule has 0 heterocycles. The molecule has 0 aliphatic heterocycles. The molecule has 0 saturated heterocycles. The number of phenols is 1. The predicted octanol–water partition coefficient (Wildman–Crippen LogP) is 1.94. The monoisotopic (exact) mass is 209 g/mol. The number of aromatic hydroxyl groups is 1. The first kappa shape index (κ1) is 11.9. The molecule has 0 amide bonds. The van der Waals surface area contributed by atoms with Crippen LogP contribution in [-0.2, 0) is 6.42 Å². The van der Waals surface area contributed by atoms with Gasteiger partial charge < -0.3 is 15.2 Å². The molecule has 1 aromatic carbocycles. The minimum atomic E-state index is 0.0791. The first-order chi connectivity index (χ1) is 7.13. The Hall–Kier alpha value is -1.22. The highest BCUT2D eigenvalue weighted by Gasteiger charge is 2.05. The van der Waals surface area contributed by atoms with Crippen molar-refractivity contribution in [1.82, 2.24) is 5.32 Å². The maximum atomic E-state index is 9.57. The maximum absolute atomic E-state index is 9.57. The summed E-state index contributed by atoms with van der Waals surface area (Å²) in [6.45, 7) is 4.81. The lowest BCUT2D eigenvalue weighted by atomic mass is 10.1. The lowest BCUT2D eigenvalue weighted by Gasteiger charge is -2.12. The summed E-state index contributed by atoms with van der Waals surface area (Å²) < 4.78 is 5.50. The van der Waals surface area contributed by atoms with Crippen LogP contribution in [0.15, 0.2) is 18.2 Å². The number of phenolic OH excluding ortho intramolecular Hbond substituents is 1. The Morgan fingerprint density at radius 2 is 2.13 bits per heavy atom. The van der Waals surface area contributed by atoms with Crippen molar-refractivity contribution in [2.75, 3.05) is 13.6 Å². The van der Waals surface area contributed by atoms with E-state index in [0.717, 1.165) is 18.5 Å². The van der Waals surface area contributed by atoms with Gasteiger partial charge in [-0.15, -0.1) is 0 Å². The van der Waals surface area contributed by atoms with Crippen LogP contribution in [0.1, 0.15) is 19.4 Å². The molecule has 0 aliphatic rings. The van der Waals surface area contributed by atoms with Crippen molar-refractivity contribution < 1.29 is 9.84 Å². The van der Waals surface area contributed by atoms with Gasteiger partial charge in [-0.1, -0.05) is 6.07 Å². The van der Waals surface area contributed by atoms with E-state index in [1.165, 1.54) is 0 Å². The summed E-state index contributed by atoms with van der Waals surface area (Å²) in [7, 11) is 1.92. The molecule has 0 fully saturated rings. The van der Waals surface area contributed by atoms with Crippen LogP contribution in [0.2, 0.25) is 0 Å². The molecule has 0 spiro atoms. The van der Waals surface area contributed by atoms with Gasteiger partial charge in [0.05, 0.1) is 6.10 Å². The molecule has 0 radical (unpaired) electrons. The minimum absolute atomic E-state index is 0.0791. The van der Waals surface area contributed by atoms with Gasteiger partial charge in [-0.05, 0) is 51.6 Å². The Morgan fingerprint density at radius 1 is 1.40 bits per heavy atom. The minimum Gasteiger partial charge on any atom is -0.504 e. The zero-order chi connectivity index (χ0) is 11.3. The van der Waals surface area contributed by atoms with E-state index in [9.17, 15) is 5.11 Å². The Bertz CT molecular complexity index is 310. The quantitative estimate of drug-likeness (QED) is 0.778. The fraction of sp³-hybridized carbons (Fsp3) is 0.500. The van der Waals surface area contributed by atoms with Gasteiger partial charge in [0.25, 0.3) is 0 Å². The molecule has 0 aromatic heterocycles. The standard InChI is InChI=1S/C12H19NO2/c1-9(2)15-12-8-10(6-7-13-3)4-5-11(12)14/h4-5,8-9,13-14H,6-7H2,1-3H3. The van der Waals surface area contributed by atoms with Gasteiger partial charge in [0.2, 0.25) is 0 Å². The van der Waals surface area contributed by atoms with Crippen molar-refractivity contribution in [3.05, 3.63) is 23.8 Å². The van der Waals surface area contributed by atoms with Crippen molar-refractivity contribution >= 4 is 0 Å². The second-order valence-electron chi connectivity index (χ2n) is 3.82. The summed E-state index contributed by atoms with van der Waals surface area (Å²) in [6.07, 6.45) is 1.01. The zero-order valence-corrected chi connectivity index (χ0v) is 9.58. The van der Waals surface area contributed by atoms with Crippen LogP contribution in [0.25, 0.3) is 0 Å². The normalized spacial score (nSPS) is 10.7. The number of hydrogen-bond acceptors (Lipinski definition) is 3. The first-order valence-electron chi connectivity index (χ1n) is 5.26. The van der Waals surface area contributed by atoms with Gasteiger partial charge in [-0.2, -0.15) is 0 Å². The van der Waals surface area contributed by atoms with Crippen LogP contribution in [0.5, 0.6) is 11.5 Å². The summed E-state index contributed by atoms with van der Waals surface area (Å²) >= 11 is 0. The van der Waals surface area contributed by atoms with Gasteiger partial charge in [0.1, 0.15) is 0 Å². The highest BCUT2D eigenvalue weighted by molar-refractivity contribution is 5.42. The van der Waals surface area contributed by atoms with E-state index in [1.807, 2.05) is 33.0 Å². The molecule has 0 unspecified atom stereocenters. The van der Waals surface area contributed by atoms with Crippen molar-refractivity contribution in [2.24, 2.45) is 0 Å². The fourth-order valence-electron chi connectivity index (χ4n) is 1.33. The Morgan fingerprint density at radius 3 is 2.73 bits per heavy atom. The van der Waals surface area contributed by atoms with Crippen molar-refractivity contribution in [2.45, 2.75) is 26.4 Å². The third-order valence-corrected chi connectivity index (χ3v) is 2.05. The molecule has 3 nitrogen and oxygen atoms in total. The Balaban J connectivity index is 2.75. The molecule has 1 rings (SSSR count). The SMILES string of the molecule is CNCCc1ccc(O)c(OC(C)C)c1. The molecule has 2 N–H and O–H groups in total. The van der Waals surface area contributed by atoms with E-state index in [-0.39, 0.29) is 11.9 Å². The lowest BCUT2D eigenvalue weighted by Crippen LogP contribution is -2.10. The Kier molecular flexibility index (Phi) is 4.43. The highest BCUT2D eigenvalue weighted by Crippen LogP contribution is 2.27. The molecule has 15 heavy (non-hydrogen) atoms. The number of hydrogen-bond donors (Lipinski definition) is 2. The zero-order valence-electron chi connectivity index (χ0n) is 9.58.